The number of rotatable bonds is 0. The van der Waals surface area contributed by atoms with Crippen LogP contribution in [0, 0.1) is 0 Å². The predicted molar refractivity (Wildman–Crippen MR) is 23.6 cm³/mol. The van der Waals surface area contributed by atoms with Crippen LogP contribution in [0.4, 0.5) is 0 Å². The van der Waals surface area contributed by atoms with Gasteiger partial charge in [0, 0.05) is 6.08 Å². The number of esters is 1. The second-order valence-electron chi connectivity index (χ2n) is 1.63. The quantitative estimate of drug-likeness (QED) is 0.385. The van der Waals surface area contributed by atoms with Gasteiger partial charge in [-0.05, 0) is 6.92 Å². The van der Waals surface area contributed by atoms with Crippen LogP contribution in [0.15, 0.2) is 11.8 Å². The summed E-state index contributed by atoms with van der Waals surface area (Å²) in [7, 11) is 0. The fraction of sp³-hybridized carbons (Fsp3) is 0.400. The summed E-state index contributed by atoms with van der Waals surface area (Å²) in [5.41, 5.74) is 0. The maximum atomic E-state index is 10.4. The van der Waals surface area contributed by atoms with E-state index in [1.54, 1.807) is 6.92 Å². The number of cyclic esters (lactones) is 1. The van der Waals surface area contributed by atoms with Gasteiger partial charge >= 0.3 is 5.97 Å². The van der Waals surface area contributed by atoms with Gasteiger partial charge in [0.25, 0.3) is 0 Å². The summed E-state index contributed by atoms with van der Waals surface area (Å²) >= 11 is 0. The minimum atomic E-state index is -0.553. The summed E-state index contributed by atoms with van der Waals surface area (Å²) in [5, 5.41) is 10.4. The SMILES string of the molecule is C[C@H]1OC(=O)C=C1[O-]. The van der Waals surface area contributed by atoms with Gasteiger partial charge in [-0.15, -0.1) is 0 Å². The minimum Gasteiger partial charge on any atom is -0.873 e. The molecule has 0 amide bonds. The van der Waals surface area contributed by atoms with E-state index in [9.17, 15) is 9.90 Å². The smallest absolute Gasteiger partial charge is 0.330 e. The van der Waals surface area contributed by atoms with E-state index in [4.69, 9.17) is 0 Å². The second-order valence-corrected chi connectivity index (χ2v) is 1.63. The Morgan fingerprint density at radius 3 is 2.62 bits per heavy atom. The number of hydrogen-bond donors (Lipinski definition) is 0. The Balaban J connectivity index is 2.73. The molecule has 0 aromatic rings. The molecular weight excluding hydrogens is 108 g/mol. The summed E-state index contributed by atoms with van der Waals surface area (Å²) in [6, 6.07) is 0. The molecule has 0 unspecified atom stereocenters. The molecule has 0 saturated heterocycles. The summed E-state index contributed by atoms with van der Waals surface area (Å²) in [5.74, 6) is -0.766. The van der Waals surface area contributed by atoms with Crippen LogP contribution in [0.5, 0.6) is 0 Å². The highest BCUT2D eigenvalue weighted by molar-refractivity contribution is 5.84. The van der Waals surface area contributed by atoms with E-state index in [2.05, 4.69) is 4.74 Å². The molecule has 0 N–H and O–H groups in total. The zero-order valence-corrected chi connectivity index (χ0v) is 4.38. The van der Waals surface area contributed by atoms with Gasteiger partial charge in [0.05, 0.1) is 0 Å². The lowest BCUT2D eigenvalue weighted by Crippen LogP contribution is -2.14. The summed E-state index contributed by atoms with van der Waals surface area (Å²) in [4.78, 5) is 10.2. The van der Waals surface area contributed by atoms with Crippen molar-refractivity contribution in [2.75, 3.05) is 0 Å². The number of carbonyl (C=O) groups excluding carboxylic acids is 1. The second kappa shape index (κ2) is 1.51. The molecule has 0 radical (unpaired) electrons. The Bertz CT molecular complexity index is 148. The molecule has 0 spiro atoms. The summed E-state index contributed by atoms with van der Waals surface area (Å²) in [6.45, 7) is 1.55. The molecule has 1 rings (SSSR count). The molecule has 0 bridgehead atoms. The van der Waals surface area contributed by atoms with Crippen molar-refractivity contribution in [3.05, 3.63) is 11.8 Å². The van der Waals surface area contributed by atoms with Gasteiger partial charge in [-0.25, -0.2) is 4.79 Å². The fourth-order valence-corrected chi connectivity index (χ4v) is 0.500. The van der Waals surface area contributed by atoms with Gasteiger partial charge < -0.3 is 9.84 Å². The first-order valence-electron chi connectivity index (χ1n) is 2.29. The molecular formula is C5H5O3-. The normalized spacial score (nSPS) is 27.4. The molecule has 0 fully saturated rings. The number of carbonyl (C=O) groups is 1. The van der Waals surface area contributed by atoms with Crippen LogP contribution in [0.25, 0.3) is 0 Å². The summed E-state index contributed by atoms with van der Waals surface area (Å²) in [6.07, 6.45) is 0.410. The number of hydrogen-bond acceptors (Lipinski definition) is 3. The average molecular weight is 113 g/mol. The van der Waals surface area contributed by atoms with Gasteiger partial charge in [0.15, 0.2) is 0 Å². The average Bonchev–Trinajstić information content (AvgIpc) is 1.85. The van der Waals surface area contributed by atoms with E-state index in [0.29, 0.717) is 0 Å². The van der Waals surface area contributed by atoms with Crippen LogP contribution in [0.2, 0.25) is 0 Å². The Labute approximate surface area is 46.6 Å². The standard InChI is InChI=1S/C5H6O3/c1-3-4(6)2-5(7)8-3/h2-3,6H,1H3/p-1/t3-/m1/s1. The predicted octanol–water partition coefficient (Wildman–Crippen LogP) is -0.824. The third-order valence-electron chi connectivity index (χ3n) is 0.954. The van der Waals surface area contributed by atoms with Crippen molar-refractivity contribution in [2.24, 2.45) is 0 Å². The maximum Gasteiger partial charge on any atom is 0.330 e. The van der Waals surface area contributed by atoms with Crippen LogP contribution in [-0.4, -0.2) is 12.1 Å². The van der Waals surface area contributed by atoms with E-state index in [1.165, 1.54) is 0 Å². The van der Waals surface area contributed by atoms with Crippen molar-refractivity contribution < 1.29 is 14.6 Å². The van der Waals surface area contributed by atoms with Gasteiger partial charge in [-0.1, -0.05) is 5.76 Å². The van der Waals surface area contributed by atoms with Gasteiger partial charge in [0.1, 0.15) is 6.10 Å². The van der Waals surface area contributed by atoms with Crippen LogP contribution >= 0.6 is 0 Å². The third kappa shape index (κ3) is 0.665. The topological polar surface area (TPSA) is 49.4 Å². The first-order valence-corrected chi connectivity index (χ1v) is 2.29. The third-order valence-corrected chi connectivity index (χ3v) is 0.954. The van der Waals surface area contributed by atoms with E-state index < -0.39 is 12.1 Å². The highest BCUT2D eigenvalue weighted by atomic mass is 16.6. The first-order chi connectivity index (χ1) is 3.70. The largest absolute Gasteiger partial charge is 0.873 e. The Morgan fingerprint density at radius 2 is 2.50 bits per heavy atom. The first kappa shape index (κ1) is 5.15. The van der Waals surface area contributed by atoms with E-state index in [0.717, 1.165) is 6.08 Å². The van der Waals surface area contributed by atoms with Crippen molar-refractivity contribution in [2.45, 2.75) is 13.0 Å². The Kier molecular flexibility index (Phi) is 0.970. The molecule has 44 valence electrons. The lowest BCUT2D eigenvalue weighted by Gasteiger charge is -2.10. The van der Waals surface area contributed by atoms with E-state index in [-0.39, 0.29) is 5.76 Å². The molecule has 0 aromatic carbocycles. The van der Waals surface area contributed by atoms with Crippen molar-refractivity contribution in [1.29, 1.82) is 0 Å². The lowest BCUT2D eigenvalue weighted by atomic mass is 10.3. The molecule has 1 aliphatic heterocycles. The lowest BCUT2D eigenvalue weighted by molar-refractivity contribution is -0.314. The van der Waals surface area contributed by atoms with Crippen molar-refractivity contribution in [3.63, 3.8) is 0 Å². The van der Waals surface area contributed by atoms with Crippen molar-refractivity contribution in [3.8, 4) is 0 Å². The molecule has 0 saturated carbocycles. The van der Waals surface area contributed by atoms with Gasteiger partial charge in [-0.3, -0.25) is 0 Å². The molecule has 0 aliphatic carbocycles. The molecule has 1 heterocycles. The Hall–Kier alpha value is -0.990. The fourth-order valence-electron chi connectivity index (χ4n) is 0.500. The van der Waals surface area contributed by atoms with E-state index >= 15 is 0 Å². The summed E-state index contributed by atoms with van der Waals surface area (Å²) < 4.78 is 4.43. The van der Waals surface area contributed by atoms with E-state index in [1.807, 2.05) is 0 Å². The maximum absolute atomic E-state index is 10.4. The zero-order chi connectivity index (χ0) is 6.15. The number of ether oxygens (including phenoxy) is 1. The highest BCUT2D eigenvalue weighted by Gasteiger charge is 2.12. The molecule has 1 aliphatic rings. The van der Waals surface area contributed by atoms with Crippen LogP contribution in [-0.2, 0) is 9.53 Å². The van der Waals surface area contributed by atoms with Crippen molar-refractivity contribution in [1.82, 2.24) is 0 Å². The highest BCUT2D eigenvalue weighted by Crippen LogP contribution is 2.07. The van der Waals surface area contributed by atoms with Crippen LogP contribution < -0.4 is 5.11 Å². The monoisotopic (exact) mass is 113 g/mol. The molecule has 0 aromatic heterocycles. The Morgan fingerprint density at radius 1 is 1.88 bits per heavy atom. The molecule has 1 atom stereocenters. The molecule has 3 nitrogen and oxygen atoms in total. The van der Waals surface area contributed by atoms with Gasteiger partial charge in [0.2, 0.25) is 0 Å². The van der Waals surface area contributed by atoms with Crippen LogP contribution in [0.1, 0.15) is 6.92 Å². The zero-order valence-electron chi connectivity index (χ0n) is 4.38. The van der Waals surface area contributed by atoms with Crippen molar-refractivity contribution >= 4 is 5.97 Å². The molecule has 8 heavy (non-hydrogen) atoms. The van der Waals surface area contributed by atoms with Gasteiger partial charge in [-0.2, -0.15) is 0 Å². The minimum absolute atomic E-state index is 0.241. The molecule has 3 heteroatoms. The van der Waals surface area contributed by atoms with Crippen LogP contribution in [0.3, 0.4) is 0 Å².